The van der Waals surface area contributed by atoms with E-state index in [1.165, 1.54) is 32.9 Å². The van der Waals surface area contributed by atoms with Gasteiger partial charge in [0.25, 0.3) is 0 Å². The number of benzene rings is 8. The van der Waals surface area contributed by atoms with Gasteiger partial charge in [0, 0.05) is 37.5 Å². The van der Waals surface area contributed by atoms with E-state index in [1.54, 1.807) is 0 Å². The van der Waals surface area contributed by atoms with Gasteiger partial charge in [-0.3, -0.25) is 0 Å². The summed E-state index contributed by atoms with van der Waals surface area (Å²) in [5, 5.41) is 7.23. The van der Waals surface area contributed by atoms with Gasteiger partial charge < -0.3 is 13.5 Å². The van der Waals surface area contributed by atoms with Crippen LogP contribution in [-0.4, -0.2) is 4.57 Å². The van der Waals surface area contributed by atoms with Crippen molar-refractivity contribution >= 4 is 66.8 Å². The van der Waals surface area contributed by atoms with E-state index in [9.17, 15) is 0 Å². The molecule has 0 bridgehead atoms. The van der Waals surface area contributed by atoms with Crippen molar-refractivity contribution in [3.63, 3.8) is 0 Å². The molecule has 3 nitrogen and oxygen atoms in total. The minimum Gasteiger partial charge on any atom is -0.456 e. The second-order valence-corrected chi connectivity index (χ2v) is 17.0. The van der Waals surface area contributed by atoms with Crippen molar-refractivity contribution in [2.45, 2.75) is 5.41 Å². The quantitative estimate of drug-likeness (QED) is 0.169. The summed E-state index contributed by atoms with van der Waals surface area (Å²) in [5.74, 6) is 0. The summed E-state index contributed by atoms with van der Waals surface area (Å²) in [6.45, 7) is 0. The maximum Gasteiger partial charge on any atom is 0.171 e. The first-order valence-electron chi connectivity index (χ1n) is 18.1. The lowest BCUT2D eigenvalue weighted by atomic mass is 9.62. The Labute approximate surface area is 305 Å². The van der Waals surface area contributed by atoms with Gasteiger partial charge in [0.05, 0.1) is 22.1 Å². The summed E-state index contributed by atoms with van der Waals surface area (Å²) in [6.07, 6.45) is 0. The van der Waals surface area contributed by atoms with Crippen molar-refractivity contribution in [3.8, 4) is 16.8 Å². The predicted octanol–water partition coefficient (Wildman–Crippen LogP) is 11.0. The summed E-state index contributed by atoms with van der Waals surface area (Å²) in [7, 11) is -3.39. The monoisotopic (exact) mass is 695 g/mol. The van der Waals surface area contributed by atoms with Crippen molar-refractivity contribution < 1.29 is 8.98 Å². The van der Waals surface area contributed by atoms with Crippen LogP contribution in [0.5, 0.6) is 0 Å². The average molecular weight is 696 g/mol. The molecule has 0 radical (unpaired) electrons. The molecule has 2 unspecified atom stereocenters. The second-order valence-electron chi connectivity index (χ2n) is 14.3. The number of nitrogens with zero attached hydrogens (tertiary/aromatic N) is 1. The van der Waals surface area contributed by atoms with Crippen molar-refractivity contribution in [3.05, 3.63) is 204 Å². The van der Waals surface area contributed by atoms with Gasteiger partial charge >= 0.3 is 0 Å². The van der Waals surface area contributed by atoms with Gasteiger partial charge in [-0.25, -0.2) is 0 Å². The molecule has 12 rings (SSSR count). The van der Waals surface area contributed by atoms with Crippen LogP contribution < -0.4 is 15.9 Å². The zero-order valence-electron chi connectivity index (χ0n) is 28.5. The lowest BCUT2D eigenvalue weighted by Crippen LogP contribution is -2.48. The first kappa shape index (κ1) is 29.2. The van der Waals surface area contributed by atoms with Gasteiger partial charge in [0.15, 0.2) is 7.14 Å². The predicted molar refractivity (Wildman–Crippen MR) is 218 cm³/mol. The molecule has 10 aromatic rings. The van der Waals surface area contributed by atoms with Gasteiger partial charge in [0.2, 0.25) is 0 Å². The molecule has 2 atom stereocenters. The SMILES string of the molecule is O=P1(c2ccccc2)c2ccccc2C2(c3ccccc3-n3c4ccccc4c4cccc2c43)c2ccc(-c3ccc4oc5ccccc5c4c3)cc21. The zero-order chi connectivity index (χ0) is 34.9. The standard InChI is InChI=1S/C49H30NO2P/c51-53(33-13-2-1-3-14-33)46-24-11-7-19-39(46)49(38-18-6-9-22-43(38)50-42-21-8-4-15-34(42)36-17-12-20-41(49)48(36)50)40-27-25-32(30-47(40)53)31-26-28-45-37(29-31)35-16-5-10-23-44(35)52-45/h1-30H. The minimum atomic E-state index is -3.39. The van der Waals surface area contributed by atoms with E-state index < -0.39 is 12.6 Å². The zero-order valence-corrected chi connectivity index (χ0v) is 29.4. The molecular weight excluding hydrogens is 666 g/mol. The van der Waals surface area contributed by atoms with Crippen LogP contribution in [-0.2, 0) is 9.98 Å². The van der Waals surface area contributed by atoms with Crippen LogP contribution in [0.15, 0.2) is 186 Å². The molecule has 248 valence electrons. The molecule has 4 heteroatoms. The van der Waals surface area contributed by atoms with E-state index in [4.69, 9.17) is 4.42 Å². The first-order valence-corrected chi connectivity index (χ1v) is 19.8. The molecule has 2 aliphatic heterocycles. The molecule has 0 fully saturated rings. The van der Waals surface area contributed by atoms with Crippen molar-refractivity contribution in [1.82, 2.24) is 4.57 Å². The van der Waals surface area contributed by atoms with E-state index >= 15 is 4.57 Å². The third kappa shape index (κ3) is 3.58. The highest BCUT2D eigenvalue weighted by Gasteiger charge is 2.54. The van der Waals surface area contributed by atoms with Crippen molar-refractivity contribution in [2.24, 2.45) is 0 Å². The Morgan fingerprint density at radius 3 is 2.00 bits per heavy atom. The lowest BCUT2D eigenvalue weighted by molar-refractivity contribution is 0.590. The number of hydrogen-bond acceptors (Lipinski definition) is 2. The third-order valence-electron chi connectivity index (χ3n) is 11.9. The summed E-state index contributed by atoms with van der Waals surface area (Å²) in [6, 6.07) is 64.3. The number of fused-ring (bicyclic) bond motifs is 14. The third-order valence-corrected chi connectivity index (χ3v) is 15.0. The van der Waals surface area contributed by atoms with Crippen LogP contribution in [0.2, 0.25) is 0 Å². The molecule has 53 heavy (non-hydrogen) atoms. The van der Waals surface area contributed by atoms with Crippen LogP contribution in [0.1, 0.15) is 22.3 Å². The Morgan fingerprint density at radius 1 is 0.453 bits per heavy atom. The molecule has 2 aromatic heterocycles. The molecule has 1 spiro atoms. The average Bonchev–Trinajstić information content (AvgIpc) is 3.77. The Bertz CT molecular complexity index is 3220. The molecular formula is C49H30NO2P. The molecule has 0 saturated carbocycles. The Kier molecular flexibility index (Phi) is 5.70. The highest BCUT2D eigenvalue weighted by Crippen LogP contribution is 2.61. The van der Waals surface area contributed by atoms with Crippen LogP contribution in [0.4, 0.5) is 0 Å². The van der Waals surface area contributed by atoms with Gasteiger partial charge in [-0.05, 0) is 69.8 Å². The molecule has 0 amide bonds. The van der Waals surface area contributed by atoms with Gasteiger partial charge in [-0.15, -0.1) is 0 Å². The van der Waals surface area contributed by atoms with Crippen LogP contribution in [0.25, 0.3) is 60.6 Å². The largest absolute Gasteiger partial charge is 0.456 e. The Balaban J connectivity index is 1.24. The highest BCUT2D eigenvalue weighted by molar-refractivity contribution is 7.85. The van der Waals surface area contributed by atoms with Crippen molar-refractivity contribution in [1.29, 1.82) is 0 Å². The maximum absolute atomic E-state index is 16.6. The fourth-order valence-corrected chi connectivity index (χ4v) is 12.9. The lowest BCUT2D eigenvalue weighted by Gasteiger charge is -2.47. The topological polar surface area (TPSA) is 35.1 Å². The molecule has 0 saturated heterocycles. The van der Waals surface area contributed by atoms with Crippen LogP contribution in [0, 0.1) is 0 Å². The number of aromatic nitrogens is 1. The molecule has 8 aromatic carbocycles. The van der Waals surface area contributed by atoms with Crippen molar-refractivity contribution in [2.75, 3.05) is 0 Å². The van der Waals surface area contributed by atoms with Crippen LogP contribution >= 0.6 is 7.14 Å². The summed E-state index contributed by atoms with van der Waals surface area (Å²) in [4.78, 5) is 0. The molecule has 2 aliphatic rings. The minimum absolute atomic E-state index is 0.724. The van der Waals surface area contributed by atoms with Gasteiger partial charge in [-0.2, -0.15) is 0 Å². The highest BCUT2D eigenvalue weighted by atomic mass is 31.2. The number of hydrogen-bond donors (Lipinski definition) is 0. The Hall–Kier alpha value is -6.41. The number of furan rings is 1. The van der Waals surface area contributed by atoms with Gasteiger partial charge in [-0.1, -0.05) is 146 Å². The van der Waals surface area contributed by atoms with Crippen LogP contribution in [0.3, 0.4) is 0 Å². The summed E-state index contributed by atoms with van der Waals surface area (Å²) >= 11 is 0. The first-order chi connectivity index (χ1) is 26.2. The summed E-state index contributed by atoms with van der Waals surface area (Å²) in [5.41, 5.74) is 11.2. The molecule has 0 aliphatic carbocycles. The number of para-hydroxylation sites is 4. The maximum atomic E-state index is 16.6. The normalized spacial score (nSPS) is 18.4. The smallest absolute Gasteiger partial charge is 0.171 e. The van der Waals surface area contributed by atoms with E-state index in [2.05, 4.69) is 144 Å². The van der Waals surface area contributed by atoms with E-state index in [-0.39, 0.29) is 0 Å². The molecule has 0 N–H and O–H groups in total. The fourth-order valence-electron chi connectivity index (χ4n) is 9.73. The van der Waals surface area contributed by atoms with Gasteiger partial charge in [0.1, 0.15) is 11.2 Å². The van der Waals surface area contributed by atoms with E-state index in [0.29, 0.717) is 0 Å². The fraction of sp³-hybridized carbons (Fsp3) is 0.0204. The second kappa shape index (κ2) is 10.3. The number of rotatable bonds is 2. The summed E-state index contributed by atoms with van der Waals surface area (Å²) < 4.78 is 25.2. The van der Waals surface area contributed by atoms with E-state index in [1.807, 2.05) is 42.5 Å². The Morgan fingerprint density at radius 2 is 1.09 bits per heavy atom. The van der Waals surface area contributed by atoms with E-state index in [0.717, 1.165) is 65.8 Å². The molecule has 4 heterocycles.